The van der Waals surface area contributed by atoms with Crippen molar-refractivity contribution >= 4 is 12.0 Å². The molecule has 2 aromatic rings. The van der Waals surface area contributed by atoms with Crippen molar-refractivity contribution in [3.8, 4) is 11.5 Å². The van der Waals surface area contributed by atoms with Gasteiger partial charge in [0.1, 0.15) is 17.1 Å². The summed E-state index contributed by atoms with van der Waals surface area (Å²) in [5, 5.41) is 9.88. The van der Waals surface area contributed by atoms with Crippen LogP contribution in [0.15, 0.2) is 54.6 Å². The Hall–Kier alpha value is -2.75. The van der Waals surface area contributed by atoms with Crippen LogP contribution in [0, 0.1) is 0 Å². The van der Waals surface area contributed by atoms with Crippen molar-refractivity contribution in [3.05, 3.63) is 65.7 Å². The molecule has 2 heterocycles. The Kier molecular flexibility index (Phi) is 4.88. The van der Waals surface area contributed by atoms with Gasteiger partial charge in [0.25, 0.3) is 0 Å². The highest BCUT2D eigenvalue weighted by Crippen LogP contribution is 2.37. The van der Waals surface area contributed by atoms with Gasteiger partial charge in [-0.1, -0.05) is 42.5 Å². The van der Waals surface area contributed by atoms with Gasteiger partial charge in [-0.15, -0.1) is 0 Å². The molecule has 0 unspecified atom stereocenters. The monoisotopic (exact) mass is 363 g/mol. The third-order valence-corrected chi connectivity index (χ3v) is 5.58. The Morgan fingerprint density at radius 1 is 1.07 bits per heavy atom. The van der Waals surface area contributed by atoms with Crippen LogP contribution >= 0.6 is 0 Å². The quantitative estimate of drug-likeness (QED) is 0.890. The molecule has 1 spiro atoms. The molecule has 27 heavy (non-hydrogen) atoms. The molecular weight excluding hydrogens is 338 g/mol. The number of likely N-dealkylation sites (tertiary alicyclic amines) is 1. The summed E-state index contributed by atoms with van der Waals surface area (Å²) in [6.07, 6.45) is 7.96. The van der Waals surface area contributed by atoms with Crippen molar-refractivity contribution in [2.75, 3.05) is 13.1 Å². The van der Waals surface area contributed by atoms with Gasteiger partial charge in [0.2, 0.25) is 5.91 Å². The number of carbonyl (C=O) groups is 1. The number of ether oxygens (including phenoxy) is 1. The first-order chi connectivity index (χ1) is 13.2. The number of rotatable bonds is 3. The number of aromatic hydroxyl groups is 1. The highest BCUT2D eigenvalue weighted by atomic mass is 16.5. The van der Waals surface area contributed by atoms with Crippen LogP contribution < -0.4 is 4.74 Å². The maximum absolute atomic E-state index is 12.7. The van der Waals surface area contributed by atoms with Crippen LogP contribution in [0.1, 0.15) is 36.8 Å². The predicted molar refractivity (Wildman–Crippen MR) is 106 cm³/mol. The number of phenols is 1. The van der Waals surface area contributed by atoms with Gasteiger partial charge in [0.15, 0.2) is 0 Å². The van der Waals surface area contributed by atoms with E-state index in [-0.39, 0.29) is 17.3 Å². The summed E-state index contributed by atoms with van der Waals surface area (Å²) in [6, 6.07) is 15.3. The molecule has 0 aromatic heterocycles. The van der Waals surface area contributed by atoms with E-state index in [0.717, 1.165) is 42.7 Å². The number of amides is 1. The molecule has 1 amide bonds. The van der Waals surface area contributed by atoms with Gasteiger partial charge < -0.3 is 14.7 Å². The zero-order valence-corrected chi connectivity index (χ0v) is 15.4. The lowest BCUT2D eigenvalue weighted by Gasteiger charge is -2.34. The molecule has 0 aliphatic carbocycles. The third kappa shape index (κ3) is 3.85. The third-order valence-electron chi connectivity index (χ3n) is 5.58. The van der Waals surface area contributed by atoms with E-state index >= 15 is 0 Å². The number of hydrogen-bond acceptors (Lipinski definition) is 3. The van der Waals surface area contributed by atoms with Crippen LogP contribution in [0.2, 0.25) is 0 Å². The Morgan fingerprint density at radius 3 is 2.78 bits per heavy atom. The summed E-state index contributed by atoms with van der Waals surface area (Å²) in [5.74, 6) is 1.34. The van der Waals surface area contributed by atoms with Gasteiger partial charge in [-0.3, -0.25) is 4.79 Å². The fourth-order valence-electron chi connectivity index (χ4n) is 3.98. The van der Waals surface area contributed by atoms with Crippen LogP contribution in [0.5, 0.6) is 11.5 Å². The average Bonchev–Trinajstić information content (AvgIpc) is 2.90. The minimum Gasteiger partial charge on any atom is -0.508 e. The summed E-state index contributed by atoms with van der Waals surface area (Å²) in [5.41, 5.74) is 1.64. The smallest absolute Gasteiger partial charge is 0.222 e. The Labute approximate surface area is 160 Å². The Balaban J connectivity index is 1.38. The van der Waals surface area contributed by atoms with Crippen molar-refractivity contribution in [3.63, 3.8) is 0 Å². The molecule has 0 radical (unpaired) electrons. The number of phenolic OH excluding ortho intramolecular Hbond substituents is 1. The molecule has 0 bridgehead atoms. The zero-order chi connectivity index (χ0) is 18.7. The summed E-state index contributed by atoms with van der Waals surface area (Å²) >= 11 is 0. The summed E-state index contributed by atoms with van der Waals surface area (Å²) in [6.45, 7) is 1.46. The zero-order valence-electron chi connectivity index (χ0n) is 15.4. The molecule has 4 heteroatoms. The van der Waals surface area contributed by atoms with E-state index in [2.05, 4.69) is 18.2 Å². The average molecular weight is 363 g/mol. The lowest BCUT2D eigenvalue weighted by atomic mass is 9.91. The molecule has 1 fully saturated rings. The summed E-state index contributed by atoms with van der Waals surface area (Å²) < 4.78 is 6.36. The number of fused-ring (bicyclic) bond motifs is 1. The SMILES string of the molecule is O=C(CCc1ccccc1O)N1CCC[C@@]2(C=Cc3ccccc3O2)CC1. The normalized spacial score (nSPS) is 21.4. The van der Waals surface area contributed by atoms with Crippen molar-refractivity contribution in [2.24, 2.45) is 0 Å². The van der Waals surface area contributed by atoms with Crippen LogP contribution in [-0.4, -0.2) is 34.6 Å². The molecule has 2 aliphatic heterocycles. The highest BCUT2D eigenvalue weighted by molar-refractivity contribution is 5.76. The standard InChI is InChI=1S/C23H25NO3/c25-20-8-3-1-6-18(20)10-11-22(26)24-16-5-13-23(15-17-24)14-12-19-7-2-4-9-21(19)27-23/h1-4,6-9,12,14,25H,5,10-11,13,15-17H2/t23-/m1/s1. The second-order valence-corrected chi connectivity index (χ2v) is 7.40. The maximum atomic E-state index is 12.7. The van der Waals surface area contributed by atoms with Crippen molar-refractivity contribution < 1.29 is 14.6 Å². The first kappa shape index (κ1) is 17.7. The topological polar surface area (TPSA) is 49.8 Å². The predicted octanol–water partition coefficient (Wildman–Crippen LogP) is 4.18. The largest absolute Gasteiger partial charge is 0.508 e. The molecule has 2 aromatic carbocycles. The molecule has 4 nitrogen and oxygen atoms in total. The second-order valence-electron chi connectivity index (χ2n) is 7.40. The van der Waals surface area contributed by atoms with Gasteiger partial charge in [-0.2, -0.15) is 0 Å². The fraction of sp³-hybridized carbons (Fsp3) is 0.348. The van der Waals surface area contributed by atoms with E-state index in [9.17, 15) is 9.90 Å². The molecule has 4 rings (SSSR count). The summed E-state index contributed by atoms with van der Waals surface area (Å²) in [7, 11) is 0. The van der Waals surface area contributed by atoms with E-state index in [0.29, 0.717) is 19.4 Å². The number of carbonyl (C=O) groups excluding carboxylic acids is 1. The Bertz CT molecular complexity index is 860. The van der Waals surface area contributed by atoms with Gasteiger partial charge in [-0.05, 0) is 43.0 Å². The van der Waals surface area contributed by atoms with Crippen LogP contribution in [0.25, 0.3) is 6.08 Å². The van der Waals surface area contributed by atoms with Crippen LogP contribution in [0.4, 0.5) is 0 Å². The van der Waals surface area contributed by atoms with E-state index in [4.69, 9.17) is 4.74 Å². The van der Waals surface area contributed by atoms with Gasteiger partial charge in [0, 0.05) is 31.5 Å². The number of para-hydroxylation sites is 2. The van der Waals surface area contributed by atoms with Crippen molar-refractivity contribution in [1.82, 2.24) is 4.90 Å². The van der Waals surface area contributed by atoms with Crippen LogP contribution in [0.3, 0.4) is 0 Å². The first-order valence-electron chi connectivity index (χ1n) is 9.67. The lowest BCUT2D eigenvalue weighted by Crippen LogP contribution is -2.38. The fourth-order valence-corrected chi connectivity index (χ4v) is 3.98. The maximum Gasteiger partial charge on any atom is 0.222 e. The van der Waals surface area contributed by atoms with E-state index in [1.165, 1.54) is 0 Å². The summed E-state index contributed by atoms with van der Waals surface area (Å²) in [4.78, 5) is 14.6. The van der Waals surface area contributed by atoms with Gasteiger partial charge >= 0.3 is 0 Å². The number of hydrogen-bond donors (Lipinski definition) is 1. The van der Waals surface area contributed by atoms with E-state index < -0.39 is 0 Å². The highest BCUT2D eigenvalue weighted by Gasteiger charge is 2.35. The first-order valence-corrected chi connectivity index (χ1v) is 9.67. The van der Waals surface area contributed by atoms with Gasteiger partial charge in [-0.25, -0.2) is 0 Å². The minimum absolute atomic E-state index is 0.149. The van der Waals surface area contributed by atoms with Crippen molar-refractivity contribution in [1.29, 1.82) is 0 Å². The molecule has 1 atom stereocenters. The molecule has 1 N–H and O–H groups in total. The lowest BCUT2D eigenvalue weighted by molar-refractivity contribution is -0.131. The number of benzene rings is 2. The molecular formula is C23H25NO3. The second kappa shape index (κ2) is 7.47. The van der Waals surface area contributed by atoms with E-state index in [1.807, 2.05) is 35.2 Å². The Morgan fingerprint density at radius 2 is 1.89 bits per heavy atom. The molecule has 140 valence electrons. The minimum atomic E-state index is -0.304. The van der Waals surface area contributed by atoms with Crippen LogP contribution in [-0.2, 0) is 11.2 Å². The molecule has 0 saturated carbocycles. The van der Waals surface area contributed by atoms with E-state index in [1.54, 1.807) is 12.1 Å². The number of aryl methyl sites for hydroxylation is 1. The van der Waals surface area contributed by atoms with Gasteiger partial charge in [0.05, 0.1) is 0 Å². The van der Waals surface area contributed by atoms with Crippen molar-refractivity contribution in [2.45, 2.75) is 37.7 Å². The number of nitrogens with zero attached hydrogens (tertiary/aromatic N) is 1. The molecule has 2 aliphatic rings. The molecule has 1 saturated heterocycles.